The van der Waals surface area contributed by atoms with Crippen molar-refractivity contribution in [3.8, 4) is 5.75 Å². The van der Waals surface area contributed by atoms with Gasteiger partial charge in [0.2, 0.25) is 0 Å². The Morgan fingerprint density at radius 3 is 2.78 bits per heavy atom. The number of thioether (sulfide) groups is 1. The number of aliphatic hydroxyl groups is 1. The molecule has 4 heteroatoms. The number of ether oxygens (including phenoxy) is 1. The van der Waals surface area contributed by atoms with Crippen molar-refractivity contribution in [1.82, 2.24) is 5.32 Å². The van der Waals surface area contributed by atoms with Gasteiger partial charge < -0.3 is 15.2 Å². The monoisotopic (exact) mass is 331 g/mol. The van der Waals surface area contributed by atoms with E-state index >= 15 is 0 Å². The molecular formula is C19H25NO2S. The maximum absolute atomic E-state index is 10.1. The molecule has 1 unspecified atom stereocenters. The van der Waals surface area contributed by atoms with Crippen LogP contribution in [0.25, 0.3) is 10.8 Å². The molecule has 0 spiro atoms. The molecule has 0 aliphatic rings. The molecule has 0 amide bonds. The van der Waals surface area contributed by atoms with Crippen molar-refractivity contribution in [1.29, 1.82) is 0 Å². The first-order chi connectivity index (χ1) is 11.1. The fraction of sp³-hybridized carbons (Fsp3) is 0.368. The fourth-order valence-electron chi connectivity index (χ4n) is 2.24. The van der Waals surface area contributed by atoms with E-state index in [2.05, 4.69) is 50.0 Å². The number of aliphatic hydroxyl groups excluding tert-OH is 1. The lowest BCUT2D eigenvalue weighted by Crippen LogP contribution is -2.35. The summed E-state index contributed by atoms with van der Waals surface area (Å²) in [7, 11) is 0. The Labute approximate surface area is 142 Å². The quantitative estimate of drug-likeness (QED) is 0.541. The lowest BCUT2D eigenvalue weighted by atomic mass is 10.1. The van der Waals surface area contributed by atoms with Crippen molar-refractivity contribution in [2.45, 2.75) is 30.9 Å². The first-order valence-electron chi connectivity index (χ1n) is 7.91. The lowest BCUT2D eigenvalue weighted by molar-refractivity contribution is 0.104. The Morgan fingerprint density at radius 2 is 2.04 bits per heavy atom. The van der Waals surface area contributed by atoms with E-state index in [0.717, 1.165) is 27.2 Å². The molecule has 2 N–H and O–H groups in total. The molecule has 124 valence electrons. The molecule has 3 nitrogen and oxygen atoms in total. The summed E-state index contributed by atoms with van der Waals surface area (Å²) >= 11 is 1.69. The van der Waals surface area contributed by atoms with E-state index in [9.17, 15) is 5.11 Å². The standard InChI is InChI=1S/C19H25NO2S/c1-4-11-23-18-10-9-15-7-5-6-8-17(15)19(18)22-13-16(21)12-20-14(2)3/h4-10,14,16,20-21H,1,11-13H2,2-3H3. The van der Waals surface area contributed by atoms with Crippen LogP contribution in [0, 0.1) is 0 Å². The Hall–Kier alpha value is -1.49. The summed E-state index contributed by atoms with van der Waals surface area (Å²) in [4.78, 5) is 1.08. The van der Waals surface area contributed by atoms with Gasteiger partial charge in [-0.1, -0.05) is 50.3 Å². The maximum atomic E-state index is 10.1. The smallest absolute Gasteiger partial charge is 0.140 e. The van der Waals surface area contributed by atoms with Gasteiger partial charge in [-0.2, -0.15) is 0 Å². The highest BCUT2D eigenvalue weighted by Crippen LogP contribution is 2.36. The summed E-state index contributed by atoms with van der Waals surface area (Å²) in [6.07, 6.45) is 1.35. The molecule has 0 radical (unpaired) electrons. The van der Waals surface area contributed by atoms with Gasteiger partial charge in [-0.15, -0.1) is 18.3 Å². The molecule has 0 heterocycles. The highest BCUT2D eigenvalue weighted by Gasteiger charge is 2.12. The van der Waals surface area contributed by atoms with Crippen LogP contribution in [0.3, 0.4) is 0 Å². The van der Waals surface area contributed by atoms with Crippen LogP contribution in [-0.4, -0.2) is 36.2 Å². The third-order valence-electron chi connectivity index (χ3n) is 3.38. The summed E-state index contributed by atoms with van der Waals surface area (Å²) in [6, 6.07) is 12.7. The number of hydrogen-bond acceptors (Lipinski definition) is 4. The molecule has 1 atom stereocenters. The van der Waals surface area contributed by atoms with Gasteiger partial charge in [-0.05, 0) is 11.5 Å². The zero-order chi connectivity index (χ0) is 16.7. The van der Waals surface area contributed by atoms with Gasteiger partial charge in [-0.25, -0.2) is 0 Å². The van der Waals surface area contributed by atoms with Crippen LogP contribution in [0.15, 0.2) is 53.9 Å². The Bertz CT molecular complexity index is 642. The van der Waals surface area contributed by atoms with Gasteiger partial charge in [0.05, 0.1) is 4.90 Å². The van der Waals surface area contributed by atoms with Crippen LogP contribution in [0.4, 0.5) is 0 Å². The van der Waals surface area contributed by atoms with Gasteiger partial charge in [0, 0.05) is 23.7 Å². The predicted octanol–water partition coefficient (Wildman–Crippen LogP) is 3.86. The minimum atomic E-state index is -0.534. The molecule has 2 aromatic rings. The third-order valence-corrected chi connectivity index (χ3v) is 4.42. The fourth-order valence-corrected chi connectivity index (χ4v) is 3.01. The first-order valence-corrected chi connectivity index (χ1v) is 8.90. The minimum Gasteiger partial charge on any atom is -0.489 e. The van der Waals surface area contributed by atoms with Crippen molar-refractivity contribution in [2.24, 2.45) is 0 Å². The Kier molecular flexibility index (Phi) is 6.96. The molecule has 0 saturated carbocycles. The topological polar surface area (TPSA) is 41.5 Å². The summed E-state index contributed by atoms with van der Waals surface area (Å²) < 4.78 is 6.00. The molecule has 0 aliphatic heterocycles. The summed E-state index contributed by atoms with van der Waals surface area (Å²) in [5.41, 5.74) is 0. The van der Waals surface area contributed by atoms with Crippen molar-refractivity contribution < 1.29 is 9.84 Å². The molecular weight excluding hydrogens is 306 g/mol. The van der Waals surface area contributed by atoms with E-state index in [4.69, 9.17) is 4.74 Å². The SMILES string of the molecule is C=CCSc1ccc2ccccc2c1OCC(O)CNC(C)C. The molecule has 2 rings (SSSR count). The van der Waals surface area contributed by atoms with E-state index in [1.54, 1.807) is 11.8 Å². The van der Waals surface area contributed by atoms with Gasteiger partial charge in [0.15, 0.2) is 0 Å². The third kappa shape index (κ3) is 5.27. The summed E-state index contributed by atoms with van der Waals surface area (Å²) in [5, 5.41) is 15.5. The second-order valence-electron chi connectivity index (χ2n) is 5.74. The van der Waals surface area contributed by atoms with Crippen molar-refractivity contribution in [3.63, 3.8) is 0 Å². The van der Waals surface area contributed by atoms with Crippen LogP contribution < -0.4 is 10.1 Å². The lowest BCUT2D eigenvalue weighted by Gasteiger charge is -2.18. The van der Waals surface area contributed by atoms with E-state index in [1.165, 1.54) is 0 Å². The Morgan fingerprint density at radius 1 is 1.26 bits per heavy atom. The number of fused-ring (bicyclic) bond motifs is 1. The molecule has 0 aromatic heterocycles. The normalized spacial score (nSPS) is 12.5. The van der Waals surface area contributed by atoms with Gasteiger partial charge in [0.1, 0.15) is 18.5 Å². The predicted molar refractivity (Wildman–Crippen MR) is 99.5 cm³/mol. The second-order valence-corrected chi connectivity index (χ2v) is 6.80. The average molecular weight is 331 g/mol. The molecule has 23 heavy (non-hydrogen) atoms. The first kappa shape index (κ1) is 17.9. The minimum absolute atomic E-state index is 0.273. The molecule has 0 fully saturated rings. The average Bonchev–Trinajstić information content (AvgIpc) is 2.56. The van der Waals surface area contributed by atoms with Crippen LogP contribution >= 0.6 is 11.8 Å². The van der Waals surface area contributed by atoms with Crippen LogP contribution in [0.5, 0.6) is 5.75 Å². The molecule has 2 aromatic carbocycles. The highest BCUT2D eigenvalue weighted by atomic mass is 32.2. The maximum Gasteiger partial charge on any atom is 0.140 e. The number of rotatable bonds is 9. The summed E-state index contributed by atoms with van der Waals surface area (Å²) in [6.45, 7) is 8.69. The van der Waals surface area contributed by atoms with Crippen LogP contribution in [0.1, 0.15) is 13.8 Å². The van der Waals surface area contributed by atoms with Gasteiger partial charge >= 0.3 is 0 Å². The van der Waals surface area contributed by atoms with E-state index in [0.29, 0.717) is 12.6 Å². The summed E-state index contributed by atoms with van der Waals surface area (Å²) in [5.74, 6) is 1.67. The Balaban J connectivity index is 2.16. The highest BCUT2D eigenvalue weighted by molar-refractivity contribution is 7.99. The van der Waals surface area contributed by atoms with E-state index < -0.39 is 6.10 Å². The van der Waals surface area contributed by atoms with Crippen LogP contribution in [-0.2, 0) is 0 Å². The van der Waals surface area contributed by atoms with Crippen molar-refractivity contribution >= 4 is 22.5 Å². The van der Waals surface area contributed by atoms with Crippen molar-refractivity contribution in [2.75, 3.05) is 18.9 Å². The van der Waals surface area contributed by atoms with E-state index in [1.807, 2.05) is 18.2 Å². The molecule has 0 saturated heterocycles. The van der Waals surface area contributed by atoms with E-state index in [-0.39, 0.29) is 6.61 Å². The number of nitrogens with one attached hydrogen (secondary N) is 1. The van der Waals surface area contributed by atoms with Crippen LogP contribution in [0.2, 0.25) is 0 Å². The van der Waals surface area contributed by atoms with Gasteiger partial charge in [0.25, 0.3) is 0 Å². The second kappa shape index (κ2) is 8.96. The zero-order valence-corrected chi connectivity index (χ0v) is 14.6. The molecule has 0 aliphatic carbocycles. The van der Waals surface area contributed by atoms with Crippen molar-refractivity contribution in [3.05, 3.63) is 49.1 Å². The number of hydrogen-bond donors (Lipinski definition) is 2. The number of benzene rings is 2. The molecule has 0 bridgehead atoms. The zero-order valence-electron chi connectivity index (χ0n) is 13.8. The van der Waals surface area contributed by atoms with Gasteiger partial charge in [-0.3, -0.25) is 0 Å². The largest absolute Gasteiger partial charge is 0.489 e.